The summed E-state index contributed by atoms with van der Waals surface area (Å²) in [6, 6.07) is 16.8. The number of thiocarbonyl (C=S) groups is 1. The van der Waals surface area contributed by atoms with Crippen LogP contribution in [-0.4, -0.2) is 34.8 Å². The van der Waals surface area contributed by atoms with Crippen molar-refractivity contribution in [3.63, 3.8) is 0 Å². The Bertz CT molecular complexity index is 1570. The molecule has 39 heavy (non-hydrogen) atoms. The number of hydrazone groups is 1. The van der Waals surface area contributed by atoms with E-state index in [-0.39, 0.29) is 5.75 Å². The van der Waals surface area contributed by atoms with Crippen LogP contribution in [0.2, 0.25) is 10.0 Å². The van der Waals surface area contributed by atoms with Crippen molar-refractivity contribution in [1.82, 2.24) is 10.2 Å². The molecule has 0 spiro atoms. The summed E-state index contributed by atoms with van der Waals surface area (Å²) in [5.74, 6) is 0.245. The van der Waals surface area contributed by atoms with Crippen LogP contribution in [0.15, 0.2) is 70.3 Å². The van der Waals surface area contributed by atoms with E-state index in [1.165, 1.54) is 24.3 Å². The molecule has 5 rings (SSSR count). The Balaban J connectivity index is 1.29. The molecule has 3 aromatic carbocycles. The van der Waals surface area contributed by atoms with Gasteiger partial charge in [0.2, 0.25) is 0 Å². The highest BCUT2D eigenvalue weighted by atomic mass is 35.5. The van der Waals surface area contributed by atoms with E-state index < -0.39 is 6.36 Å². The zero-order valence-corrected chi connectivity index (χ0v) is 22.8. The molecule has 0 amide bonds. The number of aromatic nitrogens is 1. The highest BCUT2D eigenvalue weighted by Crippen LogP contribution is 2.39. The lowest BCUT2D eigenvalue weighted by Crippen LogP contribution is -2.21. The van der Waals surface area contributed by atoms with Crippen molar-refractivity contribution < 1.29 is 22.4 Å². The minimum absolute atomic E-state index is 0.292. The van der Waals surface area contributed by atoms with Crippen molar-refractivity contribution in [1.29, 1.82) is 0 Å². The average molecular weight is 590 g/mol. The summed E-state index contributed by atoms with van der Waals surface area (Å²) in [4.78, 5) is 0.603. The largest absolute Gasteiger partial charge is 0.573 e. The molecular formula is C28H20Cl2F3N3O2S. The van der Waals surface area contributed by atoms with Gasteiger partial charge >= 0.3 is 6.36 Å². The van der Waals surface area contributed by atoms with Crippen LogP contribution in [0, 0.1) is 0 Å². The van der Waals surface area contributed by atoms with Crippen LogP contribution in [0.5, 0.6) is 5.75 Å². The molecule has 200 valence electrons. The third-order valence-electron chi connectivity index (χ3n) is 6.26. The van der Waals surface area contributed by atoms with Gasteiger partial charge in [-0.1, -0.05) is 58.8 Å². The number of fused-ring (bicyclic) bond motifs is 3. The lowest BCUT2D eigenvalue weighted by atomic mass is 9.87. The first-order valence-corrected chi connectivity index (χ1v) is 13.0. The molecule has 11 heteroatoms. The van der Waals surface area contributed by atoms with Gasteiger partial charge in [0.1, 0.15) is 16.4 Å². The molecule has 1 aromatic heterocycles. The van der Waals surface area contributed by atoms with Crippen molar-refractivity contribution in [3.8, 4) is 28.3 Å². The van der Waals surface area contributed by atoms with Gasteiger partial charge in [0.25, 0.3) is 0 Å². The number of ether oxygens (including phenoxy) is 1. The van der Waals surface area contributed by atoms with Gasteiger partial charge < -0.3 is 9.26 Å². The van der Waals surface area contributed by atoms with Gasteiger partial charge in [0, 0.05) is 40.2 Å². The van der Waals surface area contributed by atoms with E-state index in [1.807, 2.05) is 24.3 Å². The Morgan fingerprint density at radius 2 is 1.87 bits per heavy atom. The molecule has 0 fully saturated rings. The maximum absolute atomic E-state index is 12.5. The zero-order valence-electron chi connectivity index (χ0n) is 20.4. The summed E-state index contributed by atoms with van der Waals surface area (Å²) in [6.07, 6.45) is -1.12. The number of rotatable bonds is 6. The molecule has 0 bridgehead atoms. The molecule has 1 heterocycles. The molecule has 0 atom stereocenters. The molecular weight excluding hydrogens is 570 g/mol. The van der Waals surface area contributed by atoms with Gasteiger partial charge in [0.05, 0.1) is 6.21 Å². The number of hydrogen-bond donors (Lipinski definition) is 0. The Morgan fingerprint density at radius 3 is 2.59 bits per heavy atom. The second kappa shape index (κ2) is 11.0. The van der Waals surface area contributed by atoms with E-state index in [2.05, 4.69) is 15.0 Å². The molecule has 1 aliphatic carbocycles. The summed E-state index contributed by atoms with van der Waals surface area (Å²) in [5.41, 5.74) is 6.09. The van der Waals surface area contributed by atoms with Gasteiger partial charge in [-0.15, -0.1) is 13.2 Å². The van der Waals surface area contributed by atoms with Crippen LogP contribution < -0.4 is 4.74 Å². The summed E-state index contributed by atoms with van der Waals surface area (Å²) in [5, 5.41) is 11.5. The number of nitrogens with zero attached hydrogens (tertiary/aromatic N) is 3. The summed E-state index contributed by atoms with van der Waals surface area (Å²) in [6.45, 7) is 0. The average Bonchev–Trinajstić information content (AvgIpc) is 3.33. The smallest absolute Gasteiger partial charge is 0.406 e. The first kappa shape index (κ1) is 27.2. The molecule has 4 aromatic rings. The van der Waals surface area contributed by atoms with E-state index >= 15 is 0 Å². The molecule has 5 nitrogen and oxygen atoms in total. The summed E-state index contributed by atoms with van der Waals surface area (Å²) in [7, 11) is 1.78. The van der Waals surface area contributed by atoms with E-state index in [9.17, 15) is 13.2 Å². The minimum Gasteiger partial charge on any atom is -0.406 e. The Morgan fingerprint density at radius 1 is 1.10 bits per heavy atom. The highest BCUT2D eigenvalue weighted by molar-refractivity contribution is 7.80. The second-order valence-electron chi connectivity index (χ2n) is 8.90. The first-order valence-electron chi connectivity index (χ1n) is 11.8. The number of alkyl halides is 3. The third-order valence-corrected chi connectivity index (χ3v) is 7.26. The van der Waals surface area contributed by atoms with Crippen LogP contribution in [0.4, 0.5) is 13.2 Å². The van der Waals surface area contributed by atoms with Crippen LogP contribution in [0.1, 0.15) is 22.3 Å². The van der Waals surface area contributed by atoms with Crippen molar-refractivity contribution >= 4 is 46.6 Å². The fourth-order valence-electron chi connectivity index (χ4n) is 4.34. The minimum atomic E-state index is -4.74. The standard InChI is InChI=1S/C28H20Cl2F3N3O2S/c1-36(25(39)13-19-3-7-20(29)14-24(19)30)34-15-16-2-10-22-18(12-16)6-11-23-26(22)35-38-27(23)17-4-8-21(9-5-17)37-28(31,32)33/h2-5,7-10,12,14-15H,6,11,13H2,1H3/b34-15+. The topological polar surface area (TPSA) is 50.9 Å². The van der Waals surface area contributed by atoms with E-state index in [0.717, 1.165) is 39.9 Å². The second-order valence-corrected chi connectivity index (χ2v) is 10.2. The van der Waals surface area contributed by atoms with Gasteiger partial charge in [-0.25, -0.2) is 0 Å². The SMILES string of the molecule is CN(/N=C/c1ccc2c(c1)CCc1c-2noc1-c1ccc(OC(F)(F)F)cc1)C(=S)Cc1ccc(Cl)cc1Cl. The quantitative estimate of drug-likeness (QED) is 0.129. The van der Waals surface area contributed by atoms with E-state index in [1.54, 1.807) is 30.4 Å². The van der Waals surface area contributed by atoms with Crippen LogP contribution in [0.3, 0.4) is 0 Å². The Hall–Kier alpha value is -3.40. The lowest BCUT2D eigenvalue weighted by molar-refractivity contribution is -0.274. The summed E-state index contributed by atoms with van der Waals surface area (Å²) < 4.78 is 47.0. The summed E-state index contributed by atoms with van der Waals surface area (Å²) >= 11 is 17.8. The number of aryl methyl sites for hydroxylation is 1. The molecule has 1 aliphatic rings. The Kier molecular flexibility index (Phi) is 7.66. The molecule has 0 radical (unpaired) electrons. The third kappa shape index (κ3) is 6.27. The van der Waals surface area contributed by atoms with Crippen LogP contribution in [0.25, 0.3) is 22.6 Å². The Labute approximate surface area is 237 Å². The zero-order chi connectivity index (χ0) is 27.7. The van der Waals surface area contributed by atoms with Gasteiger partial charge in [0.15, 0.2) is 5.76 Å². The number of likely N-dealkylation sites (N-methyl/N-ethyl adjacent to an activating group) is 1. The lowest BCUT2D eigenvalue weighted by Gasteiger charge is -2.17. The normalized spacial score (nSPS) is 12.8. The van der Waals surface area contributed by atoms with E-state index in [4.69, 9.17) is 39.9 Å². The van der Waals surface area contributed by atoms with Crippen molar-refractivity contribution in [2.24, 2.45) is 5.10 Å². The molecule has 0 N–H and O–H groups in total. The van der Waals surface area contributed by atoms with E-state index in [0.29, 0.717) is 39.2 Å². The predicted molar refractivity (Wildman–Crippen MR) is 150 cm³/mol. The van der Waals surface area contributed by atoms with Gasteiger partial charge in [-0.2, -0.15) is 5.10 Å². The molecule has 0 aliphatic heterocycles. The van der Waals surface area contributed by atoms with Crippen molar-refractivity contribution in [2.45, 2.75) is 25.6 Å². The predicted octanol–water partition coefficient (Wildman–Crippen LogP) is 8.15. The molecule has 0 unspecified atom stereocenters. The van der Waals surface area contributed by atoms with Gasteiger partial charge in [-0.05, 0) is 72.0 Å². The van der Waals surface area contributed by atoms with Crippen molar-refractivity contribution in [3.05, 3.63) is 93.0 Å². The highest BCUT2D eigenvalue weighted by Gasteiger charge is 2.31. The number of hydrogen-bond acceptors (Lipinski definition) is 5. The van der Waals surface area contributed by atoms with Crippen LogP contribution in [-0.2, 0) is 19.3 Å². The number of benzene rings is 3. The van der Waals surface area contributed by atoms with Gasteiger partial charge in [-0.3, -0.25) is 5.01 Å². The fraction of sp³-hybridized carbons (Fsp3) is 0.179. The molecule has 0 saturated heterocycles. The maximum atomic E-state index is 12.5. The van der Waals surface area contributed by atoms with Crippen LogP contribution >= 0.6 is 35.4 Å². The molecule has 0 saturated carbocycles. The van der Waals surface area contributed by atoms with Crippen molar-refractivity contribution in [2.75, 3.05) is 7.05 Å². The first-order chi connectivity index (χ1) is 18.6. The maximum Gasteiger partial charge on any atom is 0.573 e. The number of halogens is 5. The fourth-order valence-corrected chi connectivity index (χ4v) is 5.02. The monoisotopic (exact) mass is 589 g/mol.